The number of hydrogen-bond donors (Lipinski definition) is 0. The van der Waals surface area contributed by atoms with Crippen molar-refractivity contribution in [3.63, 3.8) is 0 Å². The first kappa shape index (κ1) is 14.7. The number of ketones is 1. The smallest absolute Gasteiger partial charge is 0.140 e. The molecule has 1 aliphatic rings. The van der Waals surface area contributed by atoms with Gasteiger partial charge in [-0.05, 0) is 45.8 Å². The van der Waals surface area contributed by atoms with E-state index in [2.05, 4.69) is 29.8 Å². The molecule has 0 spiro atoms. The number of Topliss-reactive ketones (excluding diaryl/α,β-unsaturated/α-hetero) is 1. The molecule has 0 heterocycles. The Bertz CT molecular complexity index is 482. The highest BCUT2D eigenvalue weighted by Gasteiger charge is 2.36. The maximum atomic E-state index is 13.5. The summed E-state index contributed by atoms with van der Waals surface area (Å²) in [6.07, 6.45) is 4.74. The van der Waals surface area contributed by atoms with Crippen molar-refractivity contribution in [2.75, 3.05) is 0 Å². The molecule has 0 bridgehead atoms. The SMILES string of the molecule is CC1(C)CCCCC1C(=O)Cc1cccc(F)c1Br. The molecule has 1 fully saturated rings. The summed E-state index contributed by atoms with van der Waals surface area (Å²) in [7, 11) is 0. The van der Waals surface area contributed by atoms with Gasteiger partial charge in [0.1, 0.15) is 11.6 Å². The van der Waals surface area contributed by atoms with Crippen LogP contribution in [0.15, 0.2) is 22.7 Å². The summed E-state index contributed by atoms with van der Waals surface area (Å²) >= 11 is 3.23. The van der Waals surface area contributed by atoms with Crippen LogP contribution < -0.4 is 0 Å². The van der Waals surface area contributed by atoms with Crippen molar-refractivity contribution in [3.05, 3.63) is 34.1 Å². The molecule has 1 aromatic rings. The lowest BCUT2D eigenvalue weighted by atomic mass is 9.66. The molecule has 19 heavy (non-hydrogen) atoms. The summed E-state index contributed by atoms with van der Waals surface area (Å²) in [6.45, 7) is 4.35. The maximum Gasteiger partial charge on any atom is 0.140 e. The molecule has 0 radical (unpaired) electrons. The lowest BCUT2D eigenvalue weighted by molar-refractivity contribution is -0.127. The first-order chi connectivity index (χ1) is 8.92. The summed E-state index contributed by atoms with van der Waals surface area (Å²) in [5.74, 6) is 0.0561. The fourth-order valence-electron chi connectivity index (χ4n) is 3.09. The molecule has 0 saturated heterocycles. The molecule has 3 heteroatoms. The van der Waals surface area contributed by atoms with Crippen LogP contribution in [0.1, 0.15) is 45.1 Å². The van der Waals surface area contributed by atoms with Crippen LogP contribution >= 0.6 is 15.9 Å². The van der Waals surface area contributed by atoms with E-state index in [9.17, 15) is 9.18 Å². The predicted octanol–water partition coefficient (Wildman–Crippen LogP) is 4.92. The first-order valence-electron chi connectivity index (χ1n) is 6.87. The quantitative estimate of drug-likeness (QED) is 0.770. The van der Waals surface area contributed by atoms with Gasteiger partial charge in [-0.25, -0.2) is 4.39 Å². The molecule has 1 nitrogen and oxygen atoms in total. The molecule has 1 saturated carbocycles. The van der Waals surface area contributed by atoms with Gasteiger partial charge in [0, 0.05) is 12.3 Å². The van der Waals surface area contributed by atoms with Crippen LogP contribution in [-0.2, 0) is 11.2 Å². The van der Waals surface area contributed by atoms with Crippen LogP contribution in [0.25, 0.3) is 0 Å². The standard InChI is InChI=1S/C16H20BrFO/c1-16(2)9-4-3-7-12(16)14(19)10-11-6-5-8-13(18)15(11)17/h5-6,8,12H,3-4,7,9-10H2,1-2H3. The minimum Gasteiger partial charge on any atom is -0.299 e. The van der Waals surface area contributed by atoms with Crippen molar-refractivity contribution in [3.8, 4) is 0 Å². The van der Waals surface area contributed by atoms with Gasteiger partial charge >= 0.3 is 0 Å². The van der Waals surface area contributed by atoms with Gasteiger partial charge in [-0.1, -0.05) is 38.8 Å². The molecule has 0 aliphatic heterocycles. The molecule has 1 aromatic carbocycles. The van der Waals surface area contributed by atoms with Gasteiger partial charge in [-0.3, -0.25) is 4.79 Å². The van der Waals surface area contributed by atoms with Crippen LogP contribution in [0.2, 0.25) is 0 Å². The zero-order valence-corrected chi connectivity index (χ0v) is 13.1. The van der Waals surface area contributed by atoms with E-state index < -0.39 is 0 Å². The van der Waals surface area contributed by atoms with E-state index in [0.717, 1.165) is 24.8 Å². The van der Waals surface area contributed by atoms with E-state index in [0.29, 0.717) is 10.9 Å². The number of carbonyl (C=O) groups excluding carboxylic acids is 1. The Morgan fingerprint density at radius 1 is 1.42 bits per heavy atom. The van der Waals surface area contributed by atoms with Gasteiger partial charge in [0.25, 0.3) is 0 Å². The van der Waals surface area contributed by atoms with Gasteiger partial charge < -0.3 is 0 Å². The minimum atomic E-state index is -0.298. The summed E-state index contributed by atoms with van der Waals surface area (Å²) in [6, 6.07) is 4.89. The lowest BCUT2D eigenvalue weighted by Crippen LogP contribution is -2.34. The number of carbonyl (C=O) groups is 1. The summed E-state index contributed by atoms with van der Waals surface area (Å²) in [5, 5.41) is 0. The third kappa shape index (κ3) is 3.25. The second-order valence-corrected chi connectivity index (χ2v) is 6.94. The van der Waals surface area contributed by atoms with E-state index in [4.69, 9.17) is 0 Å². The molecule has 0 N–H and O–H groups in total. The van der Waals surface area contributed by atoms with Crippen molar-refractivity contribution in [1.82, 2.24) is 0 Å². The maximum absolute atomic E-state index is 13.5. The van der Waals surface area contributed by atoms with Crippen molar-refractivity contribution in [2.45, 2.75) is 46.0 Å². The summed E-state index contributed by atoms with van der Waals surface area (Å²) in [5.41, 5.74) is 0.834. The monoisotopic (exact) mass is 326 g/mol. The van der Waals surface area contributed by atoms with Crippen LogP contribution in [0.3, 0.4) is 0 Å². The molecule has 1 aliphatic carbocycles. The predicted molar refractivity (Wildman–Crippen MR) is 78.6 cm³/mol. The van der Waals surface area contributed by atoms with Gasteiger partial charge in [0.2, 0.25) is 0 Å². The third-order valence-corrected chi connectivity index (χ3v) is 5.18. The Balaban J connectivity index is 2.14. The minimum absolute atomic E-state index is 0.0785. The Morgan fingerprint density at radius 3 is 2.84 bits per heavy atom. The van der Waals surface area contributed by atoms with E-state index >= 15 is 0 Å². The van der Waals surface area contributed by atoms with Gasteiger partial charge in [-0.2, -0.15) is 0 Å². The van der Waals surface area contributed by atoms with Gasteiger partial charge in [0.05, 0.1) is 4.47 Å². The second-order valence-electron chi connectivity index (χ2n) is 6.14. The highest BCUT2D eigenvalue weighted by Crippen LogP contribution is 2.41. The molecule has 2 rings (SSSR count). The lowest BCUT2D eigenvalue weighted by Gasteiger charge is -2.37. The fourth-order valence-corrected chi connectivity index (χ4v) is 3.49. The van der Waals surface area contributed by atoms with E-state index in [1.165, 1.54) is 12.5 Å². The zero-order valence-electron chi connectivity index (χ0n) is 11.5. The van der Waals surface area contributed by atoms with Crippen LogP contribution in [0.4, 0.5) is 4.39 Å². The molecule has 1 unspecified atom stereocenters. The van der Waals surface area contributed by atoms with Crippen molar-refractivity contribution >= 4 is 21.7 Å². The molecular weight excluding hydrogens is 307 g/mol. The van der Waals surface area contributed by atoms with Crippen LogP contribution in [0, 0.1) is 17.2 Å². The third-order valence-electron chi connectivity index (χ3n) is 4.29. The topological polar surface area (TPSA) is 17.1 Å². The molecular formula is C16H20BrFO. The normalized spacial score (nSPS) is 22.2. The largest absolute Gasteiger partial charge is 0.299 e. The Kier molecular flexibility index (Phi) is 4.44. The highest BCUT2D eigenvalue weighted by molar-refractivity contribution is 9.10. The van der Waals surface area contributed by atoms with Crippen molar-refractivity contribution < 1.29 is 9.18 Å². The van der Waals surface area contributed by atoms with Crippen LogP contribution in [-0.4, -0.2) is 5.78 Å². The molecule has 0 aromatic heterocycles. The number of hydrogen-bond acceptors (Lipinski definition) is 1. The number of halogens is 2. The van der Waals surface area contributed by atoms with E-state index in [1.54, 1.807) is 6.07 Å². The van der Waals surface area contributed by atoms with Gasteiger partial charge in [-0.15, -0.1) is 0 Å². The average Bonchev–Trinajstić information content (AvgIpc) is 2.34. The summed E-state index contributed by atoms with van der Waals surface area (Å²) < 4.78 is 13.9. The zero-order chi connectivity index (χ0) is 14.0. The first-order valence-corrected chi connectivity index (χ1v) is 7.67. The fraction of sp³-hybridized carbons (Fsp3) is 0.562. The van der Waals surface area contributed by atoms with E-state index in [-0.39, 0.29) is 22.9 Å². The Hall–Kier alpha value is -0.700. The van der Waals surface area contributed by atoms with Crippen molar-refractivity contribution in [1.29, 1.82) is 0 Å². The Labute approximate surface area is 122 Å². The van der Waals surface area contributed by atoms with E-state index in [1.807, 2.05) is 6.07 Å². The Morgan fingerprint density at radius 2 is 2.16 bits per heavy atom. The number of rotatable bonds is 3. The van der Waals surface area contributed by atoms with Gasteiger partial charge in [0.15, 0.2) is 0 Å². The second kappa shape index (κ2) is 5.74. The van der Waals surface area contributed by atoms with Crippen LogP contribution in [0.5, 0.6) is 0 Å². The molecule has 104 valence electrons. The number of benzene rings is 1. The average molecular weight is 327 g/mol. The molecule has 1 atom stereocenters. The van der Waals surface area contributed by atoms with Crippen molar-refractivity contribution in [2.24, 2.45) is 11.3 Å². The summed E-state index contributed by atoms with van der Waals surface area (Å²) in [4.78, 5) is 12.5. The highest BCUT2D eigenvalue weighted by atomic mass is 79.9. The molecule has 0 amide bonds.